The van der Waals surface area contributed by atoms with Crippen molar-refractivity contribution in [2.45, 2.75) is 37.7 Å². The van der Waals surface area contributed by atoms with Crippen LogP contribution >= 0.6 is 34.4 Å². The van der Waals surface area contributed by atoms with Gasteiger partial charge < -0.3 is 4.74 Å². The Bertz CT molecular complexity index is 760. The second kappa shape index (κ2) is 7.45. The third-order valence-electron chi connectivity index (χ3n) is 3.10. The fourth-order valence-corrected chi connectivity index (χ4v) is 3.47. The Kier molecular flexibility index (Phi) is 5.85. The largest absolute Gasteiger partial charge is 0.465 e. The number of thioether (sulfide) groups is 1. The highest BCUT2D eigenvalue weighted by molar-refractivity contribution is 14.1. The summed E-state index contributed by atoms with van der Waals surface area (Å²) in [6, 6.07) is 5.58. The third-order valence-corrected chi connectivity index (χ3v) is 4.84. The normalized spacial score (nSPS) is 12.4. The van der Waals surface area contributed by atoms with Crippen LogP contribution in [0.5, 0.6) is 0 Å². The van der Waals surface area contributed by atoms with E-state index in [1.165, 1.54) is 11.8 Å². The summed E-state index contributed by atoms with van der Waals surface area (Å²) in [5.74, 6) is -0.299. The molecule has 0 N–H and O–H groups in total. The lowest BCUT2D eigenvalue weighted by Crippen LogP contribution is -2.25. The fourth-order valence-electron chi connectivity index (χ4n) is 2.01. The van der Waals surface area contributed by atoms with Gasteiger partial charge in [-0.05, 0) is 61.6 Å². The summed E-state index contributed by atoms with van der Waals surface area (Å²) in [7, 11) is 0. The summed E-state index contributed by atoms with van der Waals surface area (Å²) in [5, 5.41) is 0.731. The van der Waals surface area contributed by atoms with Gasteiger partial charge in [0.1, 0.15) is 5.25 Å². The molecule has 1 aromatic carbocycles. The van der Waals surface area contributed by atoms with Crippen molar-refractivity contribution in [3.63, 3.8) is 0 Å². The van der Waals surface area contributed by atoms with E-state index in [9.17, 15) is 9.59 Å². The Morgan fingerprint density at radius 2 is 2.18 bits per heavy atom. The van der Waals surface area contributed by atoms with Crippen LogP contribution in [-0.4, -0.2) is 27.4 Å². The predicted octanol–water partition coefficient (Wildman–Crippen LogP) is 3.06. The van der Waals surface area contributed by atoms with Gasteiger partial charge in [-0.1, -0.05) is 11.8 Å². The molecule has 0 unspecified atom stereocenters. The lowest BCUT2D eigenvalue weighted by atomic mass is 10.2. The summed E-state index contributed by atoms with van der Waals surface area (Å²) in [5.41, 5.74) is 0.568. The van der Waals surface area contributed by atoms with Crippen molar-refractivity contribution >= 4 is 51.2 Å². The number of benzene rings is 1. The molecule has 1 atom stereocenters. The third kappa shape index (κ3) is 3.62. The Balaban J connectivity index is 2.47. The van der Waals surface area contributed by atoms with Crippen molar-refractivity contribution in [2.24, 2.45) is 0 Å². The van der Waals surface area contributed by atoms with Crippen molar-refractivity contribution in [3.8, 4) is 0 Å². The molecule has 1 heterocycles. The van der Waals surface area contributed by atoms with Crippen LogP contribution in [-0.2, 0) is 16.1 Å². The average molecular weight is 432 g/mol. The molecule has 118 valence electrons. The van der Waals surface area contributed by atoms with Gasteiger partial charge >= 0.3 is 5.97 Å². The average Bonchev–Trinajstić information content (AvgIpc) is 2.48. The standard InChI is InChI=1S/C15H17IN2O3S/c1-4-18-13(19)11-8-10(16)6-7-12(11)17-15(18)22-9(3)14(20)21-5-2/h6-9H,4-5H2,1-3H3/t9-/m1/s1. The molecule has 2 aromatic rings. The molecule has 2 rings (SSSR count). The van der Waals surface area contributed by atoms with E-state index in [4.69, 9.17) is 4.74 Å². The molecule has 0 saturated heterocycles. The highest BCUT2D eigenvalue weighted by atomic mass is 127. The van der Waals surface area contributed by atoms with Crippen molar-refractivity contribution in [1.82, 2.24) is 9.55 Å². The second-order valence-electron chi connectivity index (χ2n) is 4.62. The first-order valence-corrected chi connectivity index (χ1v) is 8.97. The minimum absolute atomic E-state index is 0.0791. The summed E-state index contributed by atoms with van der Waals surface area (Å²) < 4.78 is 7.60. The van der Waals surface area contributed by atoms with Crippen LogP contribution in [0.15, 0.2) is 28.2 Å². The van der Waals surface area contributed by atoms with E-state index in [0.717, 1.165) is 3.57 Å². The second-order valence-corrected chi connectivity index (χ2v) is 7.17. The topological polar surface area (TPSA) is 61.2 Å². The Morgan fingerprint density at radius 3 is 2.82 bits per heavy atom. The molecule has 22 heavy (non-hydrogen) atoms. The maximum atomic E-state index is 12.6. The van der Waals surface area contributed by atoms with E-state index in [2.05, 4.69) is 27.6 Å². The number of rotatable bonds is 5. The van der Waals surface area contributed by atoms with E-state index in [-0.39, 0.29) is 11.5 Å². The van der Waals surface area contributed by atoms with Crippen molar-refractivity contribution < 1.29 is 9.53 Å². The molecule has 0 aliphatic heterocycles. The van der Waals surface area contributed by atoms with Gasteiger partial charge in [0.15, 0.2) is 5.16 Å². The van der Waals surface area contributed by atoms with Crippen molar-refractivity contribution in [2.75, 3.05) is 6.61 Å². The maximum Gasteiger partial charge on any atom is 0.319 e. The predicted molar refractivity (Wildman–Crippen MR) is 96.3 cm³/mol. The number of hydrogen-bond acceptors (Lipinski definition) is 5. The lowest BCUT2D eigenvalue weighted by molar-refractivity contribution is -0.142. The van der Waals surface area contributed by atoms with E-state index in [0.29, 0.717) is 29.2 Å². The van der Waals surface area contributed by atoms with Crippen molar-refractivity contribution in [1.29, 1.82) is 0 Å². The van der Waals surface area contributed by atoms with E-state index in [1.54, 1.807) is 18.4 Å². The van der Waals surface area contributed by atoms with Gasteiger partial charge in [-0.15, -0.1) is 0 Å². The number of esters is 1. The van der Waals surface area contributed by atoms with Gasteiger partial charge in [0.05, 0.1) is 17.5 Å². The molecule has 7 heteroatoms. The molecular formula is C15H17IN2O3S. The van der Waals surface area contributed by atoms with Gasteiger partial charge in [-0.2, -0.15) is 0 Å². The fraction of sp³-hybridized carbons (Fsp3) is 0.400. The molecule has 0 amide bonds. The highest BCUT2D eigenvalue weighted by Gasteiger charge is 2.19. The molecule has 0 fully saturated rings. The monoisotopic (exact) mass is 432 g/mol. The van der Waals surface area contributed by atoms with Crippen LogP contribution < -0.4 is 5.56 Å². The zero-order chi connectivity index (χ0) is 16.3. The quantitative estimate of drug-likeness (QED) is 0.315. The molecule has 0 bridgehead atoms. The zero-order valence-electron chi connectivity index (χ0n) is 12.6. The molecule has 5 nitrogen and oxygen atoms in total. The molecule has 1 aromatic heterocycles. The molecule has 0 spiro atoms. The number of aromatic nitrogens is 2. The first-order valence-electron chi connectivity index (χ1n) is 7.01. The van der Waals surface area contributed by atoms with Crippen LogP contribution in [0.1, 0.15) is 20.8 Å². The van der Waals surface area contributed by atoms with E-state index >= 15 is 0 Å². The SMILES string of the molecule is CCOC(=O)[C@@H](C)Sc1nc2ccc(I)cc2c(=O)n1CC. The number of nitrogens with zero attached hydrogens (tertiary/aromatic N) is 2. The number of halogens is 1. The van der Waals surface area contributed by atoms with Crippen LogP contribution in [0.3, 0.4) is 0 Å². The van der Waals surface area contributed by atoms with E-state index in [1.807, 2.05) is 25.1 Å². The van der Waals surface area contributed by atoms with Crippen LogP contribution in [0, 0.1) is 3.57 Å². The Labute approximate surface area is 146 Å². The molecule has 0 aliphatic rings. The van der Waals surface area contributed by atoms with Gasteiger partial charge in [0.2, 0.25) is 0 Å². The smallest absolute Gasteiger partial charge is 0.319 e. The number of carbonyl (C=O) groups is 1. The van der Waals surface area contributed by atoms with Crippen LogP contribution in [0.4, 0.5) is 0 Å². The molecular weight excluding hydrogens is 415 g/mol. The van der Waals surface area contributed by atoms with Gasteiger partial charge in [0.25, 0.3) is 5.56 Å². The number of hydrogen-bond donors (Lipinski definition) is 0. The molecule has 0 radical (unpaired) electrons. The van der Waals surface area contributed by atoms with Crippen LogP contribution in [0.25, 0.3) is 10.9 Å². The zero-order valence-corrected chi connectivity index (χ0v) is 15.6. The molecule has 0 saturated carbocycles. The molecule has 0 aliphatic carbocycles. The number of fused-ring (bicyclic) bond motifs is 1. The number of ether oxygens (including phenoxy) is 1. The Morgan fingerprint density at radius 1 is 1.45 bits per heavy atom. The summed E-state index contributed by atoms with van der Waals surface area (Å²) in [6.45, 7) is 6.26. The lowest BCUT2D eigenvalue weighted by Gasteiger charge is -2.14. The summed E-state index contributed by atoms with van der Waals surface area (Å²) in [4.78, 5) is 28.9. The van der Waals surface area contributed by atoms with E-state index < -0.39 is 5.25 Å². The minimum Gasteiger partial charge on any atom is -0.465 e. The van der Waals surface area contributed by atoms with Gasteiger partial charge in [-0.3, -0.25) is 14.2 Å². The number of carbonyl (C=O) groups excluding carboxylic acids is 1. The first-order chi connectivity index (χ1) is 10.5. The summed E-state index contributed by atoms with van der Waals surface area (Å²) >= 11 is 3.42. The maximum absolute atomic E-state index is 12.6. The summed E-state index contributed by atoms with van der Waals surface area (Å²) in [6.07, 6.45) is 0. The van der Waals surface area contributed by atoms with Crippen molar-refractivity contribution in [3.05, 3.63) is 32.1 Å². The minimum atomic E-state index is -0.411. The Hall–Kier alpha value is -1.09. The van der Waals surface area contributed by atoms with Crippen LogP contribution in [0.2, 0.25) is 0 Å². The first kappa shape index (κ1) is 17.3. The van der Waals surface area contributed by atoms with Gasteiger partial charge in [0, 0.05) is 10.1 Å². The highest BCUT2D eigenvalue weighted by Crippen LogP contribution is 2.23. The van der Waals surface area contributed by atoms with Gasteiger partial charge in [-0.25, -0.2) is 4.98 Å².